The number of carbonyl (C=O) groups is 2. The molecule has 2 rings (SSSR count). The van der Waals surface area contributed by atoms with Gasteiger partial charge in [0.2, 0.25) is 0 Å². The van der Waals surface area contributed by atoms with Crippen LogP contribution in [0.3, 0.4) is 0 Å². The molecule has 2 aromatic rings. The fraction of sp³-hybridized carbons (Fsp3) is 0.222. The Morgan fingerprint density at radius 2 is 1.92 bits per heavy atom. The number of ether oxygens (including phenoxy) is 2. The van der Waals surface area contributed by atoms with E-state index in [9.17, 15) is 14.0 Å². The van der Waals surface area contributed by atoms with E-state index in [1.54, 1.807) is 13.2 Å². The van der Waals surface area contributed by atoms with E-state index in [0.717, 1.165) is 11.6 Å². The van der Waals surface area contributed by atoms with Gasteiger partial charge in [0.1, 0.15) is 17.3 Å². The molecule has 0 fully saturated rings. The molecular weight excluding hydrogens is 313 g/mol. The molecule has 0 bridgehead atoms. The number of amides is 1. The summed E-state index contributed by atoms with van der Waals surface area (Å²) in [4.78, 5) is 23.0. The van der Waals surface area contributed by atoms with Crippen LogP contribution in [0.15, 0.2) is 42.5 Å². The van der Waals surface area contributed by atoms with Gasteiger partial charge in [0.25, 0.3) is 5.91 Å². The van der Waals surface area contributed by atoms with E-state index in [-0.39, 0.29) is 29.6 Å². The molecule has 0 spiro atoms. The number of halogens is 1. The average molecular weight is 331 g/mol. The van der Waals surface area contributed by atoms with Crippen LogP contribution in [-0.4, -0.2) is 25.4 Å². The fourth-order valence-corrected chi connectivity index (χ4v) is 2.11. The van der Waals surface area contributed by atoms with Crippen LogP contribution in [0.2, 0.25) is 0 Å². The van der Waals surface area contributed by atoms with Crippen molar-refractivity contribution in [3.05, 3.63) is 59.4 Å². The predicted molar refractivity (Wildman–Crippen MR) is 86.7 cm³/mol. The molecule has 0 unspecified atom stereocenters. The Hall–Kier alpha value is -2.89. The number of rotatable bonds is 7. The molecule has 1 amide bonds. The van der Waals surface area contributed by atoms with Crippen molar-refractivity contribution in [2.45, 2.75) is 13.5 Å². The van der Waals surface area contributed by atoms with E-state index in [2.05, 4.69) is 5.32 Å². The van der Waals surface area contributed by atoms with Crippen molar-refractivity contribution < 1.29 is 23.5 Å². The van der Waals surface area contributed by atoms with Crippen molar-refractivity contribution in [1.29, 1.82) is 0 Å². The highest BCUT2D eigenvalue weighted by Gasteiger charge is 2.10. The van der Waals surface area contributed by atoms with Crippen LogP contribution in [0.1, 0.15) is 22.8 Å². The number of benzene rings is 2. The minimum absolute atomic E-state index is 0.0111. The lowest BCUT2D eigenvalue weighted by atomic mass is 10.1. The lowest BCUT2D eigenvalue weighted by Crippen LogP contribution is -2.28. The van der Waals surface area contributed by atoms with Gasteiger partial charge >= 0.3 is 0 Å². The highest BCUT2D eigenvalue weighted by molar-refractivity contribution is 5.94. The molecule has 0 heterocycles. The third-order valence-electron chi connectivity index (χ3n) is 3.36. The summed E-state index contributed by atoms with van der Waals surface area (Å²) < 4.78 is 24.1. The fourth-order valence-electron chi connectivity index (χ4n) is 2.11. The summed E-state index contributed by atoms with van der Waals surface area (Å²) in [6, 6.07) is 11.2. The van der Waals surface area contributed by atoms with Crippen molar-refractivity contribution in [3.8, 4) is 11.5 Å². The lowest BCUT2D eigenvalue weighted by molar-refractivity contribution is -0.123. The highest BCUT2D eigenvalue weighted by atomic mass is 19.1. The van der Waals surface area contributed by atoms with Gasteiger partial charge in [0.15, 0.2) is 12.4 Å². The van der Waals surface area contributed by atoms with E-state index < -0.39 is 5.82 Å². The minimum atomic E-state index is -0.672. The number of Topliss-reactive ketones (excluding diaryl/α,β-unsaturated/α-hetero) is 1. The van der Waals surface area contributed by atoms with Gasteiger partial charge < -0.3 is 14.8 Å². The van der Waals surface area contributed by atoms with Crippen LogP contribution in [0.4, 0.5) is 4.39 Å². The standard InChI is InChI=1S/C18H18FNO4/c1-12(21)15-8-7-14(9-16(15)19)24-11-18(22)20-10-13-5-3-4-6-17(13)23-2/h3-9H,10-11H2,1-2H3,(H,20,22). The van der Waals surface area contributed by atoms with Gasteiger partial charge in [0, 0.05) is 18.2 Å². The first-order valence-corrected chi connectivity index (χ1v) is 7.33. The SMILES string of the molecule is COc1ccccc1CNC(=O)COc1ccc(C(C)=O)c(F)c1. The van der Waals surface area contributed by atoms with Crippen molar-refractivity contribution in [1.82, 2.24) is 5.32 Å². The second-order valence-electron chi connectivity index (χ2n) is 5.08. The van der Waals surface area contributed by atoms with E-state index >= 15 is 0 Å². The highest BCUT2D eigenvalue weighted by Crippen LogP contribution is 2.18. The van der Waals surface area contributed by atoms with Crippen molar-refractivity contribution in [3.63, 3.8) is 0 Å². The first-order valence-electron chi connectivity index (χ1n) is 7.33. The number of nitrogens with one attached hydrogen (secondary N) is 1. The van der Waals surface area contributed by atoms with Crippen LogP contribution in [0, 0.1) is 5.82 Å². The third kappa shape index (κ3) is 4.55. The molecule has 0 saturated carbocycles. The Morgan fingerprint density at radius 1 is 1.17 bits per heavy atom. The number of hydrogen-bond acceptors (Lipinski definition) is 4. The molecule has 0 aliphatic heterocycles. The van der Waals surface area contributed by atoms with Crippen LogP contribution in [0.5, 0.6) is 11.5 Å². The Morgan fingerprint density at radius 3 is 2.58 bits per heavy atom. The molecule has 126 valence electrons. The smallest absolute Gasteiger partial charge is 0.258 e. The number of hydrogen-bond donors (Lipinski definition) is 1. The van der Waals surface area contributed by atoms with Crippen LogP contribution < -0.4 is 14.8 Å². The zero-order valence-corrected chi connectivity index (χ0v) is 13.5. The summed E-state index contributed by atoms with van der Waals surface area (Å²) >= 11 is 0. The zero-order chi connectivity index (χ0) is 17.5. The van der Waals surface area contributed by atoms with Gasteiger partial charge in [-0.2, -0.15) is 0 Å². The zero-order valence-electron chi connectivity index (χ0n) is 13.5. The number of methoxy groups -OCH3 is 1. The summed E-state index contributed by atoms with van der Waals surface area (Å²) in [7, 11) is 1.56. The summed E-state index contributed by atoms with van der Waals surface area (Å²) in [6.45, 7) is 1.32. The van der Waals surface area contributed by atoms with Crippen LogP contribution in [0.25, 0.3) is 0 Å². The molecule has 24 heavy (non-hydrogen) atoms. The molecule has 2 aromatic carbocycles. The van der Waals surface area contributed by atoms with Gasteiger partial charge in [-0.25, -0.2) is 4.39 Å². The molecule has 1 N–H and O–H groups in total. The topological polar surface area (TPSA) is 64.6 Å². The van der Waals surface area contributed by atoms with Gasteiger partial charge in [-0.05, 0) is 25.1 Å². The summed E-state index contributed by atoms with van der Waals surface area (Å²) in [6.07, 6.45) is 0. The minimum Gasteiger partial charge on any atom is -0.496 e. The Kier molecular flexibility index (Phi) is 5.89. The van der Waals surface area contributed by atoms with E-state index in [1.165, 1.54) is 19.1 Å². The van der Waals surface area contributed by atoms with Gasteiger partial charge in [-0.15, -0.1) is 0 Å². The summed E-state index contributed by atoms with van der Waals surface area (Å²) in [5.74, 6) is -0.523. The molecule has 0 aliphatic carbocycles. The Balaban J connectivity index is 1.87. The molecule has 0 aliphatic rings. The molecule has 0 radical (unpaired) electrons. The molecule has 6 heteroatoms. The van der Waals surface area contributed by atoms with E-state index in [1.807, 2.05) is 18.2 Å². The predicted octanol–water partition coefficient (Wildman–Crippen LogP) is 2.73. The number of carbonyl (C=O) groups excluding carboxylic acids is 2. The quantitative estimate of drug-likeness (QED) is 0.792. The van der Waals surface area contributed by atoms with Gasteiger partial charge in [0.05, 0.1) is 12.7 Å². The first-order chi connectivity index (χ1) is 11.5. The van der Waals surface area contributed by atoms with Crippen molar-refractivity contribution >= 4 is 11.7 Å². The molecule has 0 saturated heterocycles. The van der Waals surface area contributed by atoms with Gasteiger partial charge in [-0.3, -0.25) is 9.59 Å². The third-order valence-corrected chi connectivity index (χ3v) is 3.36. The maximum atomic E-state index is 13.7. The summed E-state index contributed by atoms with van der Waals surface area (Å²) in [5, 5.41) is 2.70. The normalized spacial score (nSPS) is 10.1. The summed E-state index contributed by atoms with van der Waals surface area (Å²) in [5.41, 5.74) is 0.827. The van der Waals surface area contributed by atoms with E-state index in [4.69, 9.17) is 9.47 Å². The second kappa shape index (κ2) is 8.10. The first kappa shape index (κ1) is 17.5. The maximum absolute atomic E-state index is 13.7. The van der Waals surface area contributed by atoms with E-state index in [0.29, 0.717) is 12.3 Å². The monoisotopic (exact) mass is 331 g/mol. The lowest BCUT2D eigenvalue weighted by Gasteiger charge is -2.10. The van der Waals surface area contributed by atoms with Crippen LogP contribution >= 0.6 is 0 Å². The molecular formula is C18H18FNO4. The second-order valence-corrected chi connectivity index (χ2v) is 5.08. The molecule has 5 nitrogen and oxygen atoms in total. The Labute approximate surface area is 139 Å². The molecule has 0 aromatic heterocycles. The van der Waals surface area contributed by atoms with Crippen LogP contribution in [-0.2, 0) is 11.3 Å². The number of para-hydroxylation sites is 1. The maximum Gasteiger partial charge on any atom is 0.258 e. The average Bonchev–Trinajstić information content (AvgIpc) is 2.58. The Bertz CT molecular complexity index is 746. The number of ketones is 1. The van der Waals surface area contributed by atoms with Gasteiger partial charge in [-0.1, -0.05) is 18.2 Å². The van der Waals surface area contributed by atoms with Crippen molar-refractivity contribution in [2.75, 3.05) is 13.7 Å². The van der Waals surface area contributed by atoms with Crippen molar-refractivity contribution in [2.24, 2.45) is 0 Å². The molecule has 0 atom stereocenters. The largest absolute Gasteiger partial charge is 0.496 e.